The number of benzene rings is 1. The van der Waals surface area contributed by atoms with Crippen LogP contribution >= 0.6 is 15.9 Å². The molecule has 1 unspecified atom stereocenters. The van der Waals surface area contributed by atoms with Crippen molar-refractivity contribution in [1.29, 1.82) is 0 Å². The summed E-state index contributed by atoms with van der Waals surface area (Å²) in [6, 6.07) is 5.01. The zero-order chi connectivity index (χ0) is 16.3. The Bertz CT molecular complexity index is 583. The van der Waals surface area contributed by atoms with E-state index in [0.717, 1.165) is 6.26 Å². The van der Waals surface area contributed by atoms with Crippen molar-refractivity contribution in [3.05, 3.63) is 28.2 Å². The monoisotopic (exact) mass is 380 g/mol. The lowest BCUT2D eigenvalue weighted by Gasteiger charge is -2.29. The smallest absolute Gasteiger partial charge is 0.155 e. The SMILES string of the molecule is COCCOc1ccc(C(O)C(C)(C)S(C)(=O)=O)cc1Br. The number of halogens is 1. The van der Waals surface area contributed by atoms with E-state index in [4.69, 9.17) is 9.47 Å². The van der Waals surface area contributed by atoms with Gasteiger partial charge in [-0.05, 0) is 47.5 Å². The minimum absolute atomic E-state index is 0.409. The number of ether oxygens (including phenoxy) is 2. The third-order valence-corrected chi connectivity index (χ3v) is 6.19. The van der Waals surface area contributed by atoms with Crippen molar-refractivity contribution in [2.24, 2.45) is 0 Å². The van der Waals surface area contributed by atoms with E-state index >= 15 is 0 Å². The molecule has 0 radical (unpaired) electrons. The van der Waals surface area contributed by atoms with Crippen molar-refractivity contribution in [3.8, 4) is 5.75 Å². The molecule has 0 aromatic heterocycles. The topological polar surface area (TPSA) is 72.8 Å². The predicted molar refractivity (Wildman–Crippen MR) is 85.4 cm³/mol. The number of hydrogen-bond donors (Lipinski definition) is 1. The standard InChI is InChI=1S/C14H21BrO5S/c1-14(2,21(4,17)18)13(16)10-5-6-12(11(15)9-10)20-8-7-19-3/h5-6,9,13,16H,7-8H2,1-4H3. The van der Waals surface area contributed by atoms with E-state index in [1.807, 2.05) is 0 Å². The predicted octanol–water partition coefficient (Wildman–Crippen LogP) is 2.33. The van der Waals surface area contributed by atoms with Crippen LogP contribution in [0.2, 0.25) is 0 Å². The highest BCUT2D eigenvalue weighted by Gasteiger charge is 2.39. The van der Waals surface area contributed by atoms with Crippen molar-refractivity contribution in [1.82, 2.24) is 0 Å². The Morgan fingerprint density at radius 2 is 1.95 bits per heavy atom. The summed E-state index contributed by atoms with van der Waals surface area (Å²) in [4.78, 5) is 0. The Labute approximate surface area is 134 Å². The van der Waals surface area contributed by atoms with Crippen molar-refractivity contribution < 1.29 is 23.0 Å². The average Bonchev–Trinajstić information content (AvgIpc) is 2.38. The zero-order valence-electron chi connectivity index (χ0n) is 12.6. The van der Waals surface area contributed by atoms with Crippen molar-refractivity contribution in [3.63, 3.8) is 0 Å². The fraction of sp³-hybridized carbons (Fsp3) is 0.571. The van der Waals surface area contributed by atoms with Gasteiger partial charge >= 0.3 is 0 Å². The summed E-state index contributed by atoms with van der Waals surface area (Å²) in [7, 11) is -1.81. The first-order valence-electron chi connectivity index (χ1n) is 6.40. The second-order valence-electron chi connectivity index (χ2n) is 5.31. The third-order valence-electron chi connectivity index (χ3n) is 3.43. The molecule has 0 fully saturated rings. The Balaban J connectivity index is 2.98. The van der Waals surface area contributed by atoms with Crippen LogP contribution in [0.25, 0.3) is 0 Å². The molecule has 0 amide bonds. The fourth-order valence-corrected chi connectivity index (χ4v) is 2.70. The van der Waals surface area contributed by atoms with Gasteiger partial charge in [0.05, 0.1) is 21.9 Å². The lowest BCUT2D eigenvalue weighted by atomic mass is 9.98. The highest BCUT2D eigenvalue weighted by Crippen LogP contribution is 2.35. The molecule has 7 heteroatoms. The molecule has 0 aliphatic carbocycles. The van der Waals surface area contributed by atoms with Gasteiger partial charge in [-0.1, -0.05) is 6.07 Å². The number of aliphatic hydroxyl groups excluding tert-OH is 1. The Kier molecular flexibility index (Phi) is 6.22. The molecule has 0 saturated heterocycles. The third kappa shape index (κ3) is 4.42. The first-order chi connectivity index (χ1) is 9.61. The van der Waals surface area contributed by atoms with Crippen LogP contribution in [0, 0.1) is 0 Å². The average molecular weight is 381 g/mol. The Morgan fingerprint density at radius 1 is 1.33 bits per heavy atom. The Morgan fingerprint density at radius 3 is 2.43 bits per heavy atom. The minimum atomic E-state index is -3.40. The molecule has 1 rings (SSSR count). The molecule has 0 bridgehead atoms. The van der Waals surface area contributed by atoms with Gasteiger partial charge in [-0.3, -0.25) is 0 Å². The normalized spacial score (nSPS) is 14.0. The molecule has 0 spiro atoms. The largest absolute Gasteiger partial charge is 0.490 e. The summed E-state index contributed by atoms with van der Waals surface area (Å²) in [6.07, 6.45) is -0.00939. The first kappa shape index (κ1) is 18.4. The summed E-state index contributed by atoms with van der Waals surface area (Å²) in [5, 5.41) is 10.4. The van der Waals surface area contributed by atoms with E-state index in [-0.39, 0.29) is 0 Å². The van der Waals surface area contributed by atoms with Crippen LogP contribution in [0.15, 0.2) is 22.7 Å². The molecule has 1 N–H and O–H groups in total. The van der Waals surface area contributed by atoms with Gasteiger partial charge in [-0.15, -0.1) is 0 Å². The van der Waals surface area contributed by atoms with Gasteiger partial charge in [0.15, 0.2) is 9.84 Å². The summed E-state index contributed by atoms with van der Waals surface area (Å²) in [6.45, 7) is 3.89. The second-order valence-corrected chi connectivity index (χ2v) is 8.76. The molecule has 0 aliphatic rings. The molecule has 0 aliphatic heterocycles. The summed E-state index contributed by atoms with van der Waals surface area (Å²) in [5.74, 6) is 0.611. The summed E-state index contributed by atoms with van der Waals surface area (Å²) in [5.41, 5.74) is 0.511. The van der Waals surface area contributed by atoms with Crippen LogP contribution in [0.5, 0.6) is 5.75 Å². The molecule has 0 heterocycles. The summed E-state index contributed by atoms with van der Waals surface area (Å²) < 4.78 is 33.3. The van der Waals surface area contributed by atoms with Gasteiger partial charge in [-0.25, -0.2) is 8.42 Å². The molecular formula is C14H21BrO5S. The number of hydrogen-bond acceptors (Lipinski definition) is 5. The first-order valence-corrected chi connectivity index (χ1v) is 9.08. The number of sulfone groups is 1. The number of methoxy groups -OCH3 is 1. The molecule has 1 aromatic carbocycles. The zero-order valence-corrected chi connectivity index (χ0v) is 15.0. The molecular weight excluding hydrogens is 360 g/mol. The summed E-state index contributed by atoms with van der Waals surface area (Å²) >= 11 is 3.36. The van der Waals surface area contributed by atoms with Crippen molar-refractivity contribution in [2.45, 2.75) is 24.7 Å². The maximum absolute atomic E-state index is 11.8. The van der Waals surface area contributed by atoms with Gasteiger partial charge in [0.25, 0.3) is 0 Å². The molecule has 21 heavy (non-hydrogen) atoms. The lowest BCUT2D eigenvalue weighted by molar-refractivity contribution is 0.138. The van der Waals surface area contributed by atoms with Gasteiger partial charge in [0.1, 0.15) is 12.4 Å². The van der Waals surface area contributed by atoms with E-state index in [0.29, 0.717) is 29.0 Å². The van der Waals surface area contributed by atoms with Gasteiger partial charge in [-0.2, -0.15) is 0 Å². The van der Waals surface area contributed by atoms with E-state index in [2.05, 4.69) is 15.9 Å². The molecule has 5 nitrogen and oxygen atoms in total. The van der Waals surface area contributed by atoms with Crippen molar-refractivity contribution >= 4 is 25.8 Å². The molecule has 120 valence electrons. The van der Waals surface area contributed by atoms with E-state index in [1.54, 1.807) is 25.3 Å². The molecule has 1 atom stereocenters. The van der Waals surface area contributed by atoms with Gasteiger partial charge in [0.2, 0.25) is 0 Å². The second kappa shape index (κ2) is 7.09. The van der Waals surface area contributed by atoms with E-state index in [1.165, 1.54) is 13.8 Å². The minimum Gasteiger partial charge on any atom is -0.490 e. The van der Waals surface area contributed by atoms with Crippen LogP contribution in [0.4, 0.5) is 0 Å². The van der Waals surface area contributed by atoms with Crippen molar-refractivity contribution in [2.75, 3.05) is 26.6 Å². The van der Waals surface area contributed by atoms with Crippen LogP contribution in [0.1, 0.15) is 25.5 Å². The van der Waals surface area contributed by atoms with E-state index < -0.39 is 20.7 Å². The van der Waals surface area contributed by atoms with Crippen LogP contribution < -0.4 is 4.74 Å². The van der Waals surface area contributed by atoms with Crippen LogP contribution in [-0.2, 0) is 14.6 Å². The van der Waals surface area contributed by atoms with Crippen LogP contribution in [-0.4, -0.2) is 44.9 Å². The van der Waals surface area contributed by atoms with Crippen LogP contribution in [0.3, 0.4) is 0 Å². The number of aliphatic hydroxyl groups is 1. The van der Waals surface area contributed by atoms with Gasteiger partial charge < -0.3 is 14.6 Å². The highest BCUT2D eigenvalue weighted by atomic mass is 79.9. The maximum atomic E-state index is 11.8. The van der Waals surface area contributed by atoms with E-state index in [9.17, 15) is 13.5 Å². The molecule has 0 saturated carbocycles. The molecule has 1 aromatic rings. The maximum Gasteiger partial charge on any atom is 0.155 e. The number of rotatable bonds is 7. The quantitative estimate of drug-likeness (QED) is 0.734. The highest BCUT2D eigenvalue weighted by molar-refractivity contribution is 9.10. The lowest BCUT2D eigenvalue weighted by Crippen LogP contribution is -2.37. The van der Waals surface area contributed by atoms with Gasteiger partial charge in [0, 0.05) is 13.4 Å². The Hall–Kier alpha value is -0.630. The fourth-order valence-electron chi connectivity index (χ4n) is 1.64.